The highest BCUT2D eigenvalue weighted by Gasteiger charge is 2.25. The van der Waals surface area contributed by atoms with Gasteiger partial charge in [0, 0.05) is 36.2 Å². The number of aliphatic hydroxyl groups is 1. The van der Waals surface area contributed by atoms with Crippen LogP contribution in [-0.4, -0.2) is 40.6 Å². The van der Waals surface area contributed by atoms with Gasteiger partial charge >= 0.3 is 0 Å². The standard InChI is InChI=1S/C28H34N4O2/c1-28(2,3)27(34)30-17-20-13-15-32(16-14-20)24-18-29-26(23-12-8-7-11-22(23)19-33)25(31-24)21-9-5-4-6-10-21/h4-12,18,20,33H,13-17,19H2,1-3H3,(H,30,34). The average Bonchev–Trinajstić information content (AvgIpc) is 2.87. The minimum absolute atomic E-state index is 0.0485. The molecule has 0 saturated carbocycles. The van der Waals surface area contributed by atoms with E-state index in [1.807, 2.05) is 81.6 Å². The number of nitrogens with zero attached hydrogens (tertiary/aromatic N) is 3. The van der Waals surface area contributed by atoms with Crippen LogP contribution in [0.2, 0.25) is 0 Å². The normalized spacial score (nSPS) is 14.8. The second kappa shape index (κ2) is 10.3. The number of benzene rings is 2. The molecule has 1 aromatic heterocycles. The molecule has 6 heteroatoms. The van der Waals surface area contributed by atoms with E-state index in [0.29, 0.717) is 5.92 Å². The molecule has 6 nitrogen and oxygen atoms in total. The van der Waals surface area contributed by atoms with Gasteiger partial charge in [-0.3, -0.25) is 9.78 Å². The predicted molar refractivity (Wildman–Crippen MR) is 136 cm³/mol. The van der Waals surface area contributed by atoms with Gasteiger partial charge in [-0.2, -0.15) is 0 Å². The monoisotopic (exact) mass is 458 g/mol. The number of aliphatic hydroxyl groups excluding tert-OH is 1. The van der Waals surface area contributed by atoms with E-state index in [0.717, 1.165) is 66.4 Å². The molecule has 2 heterocycles. The lowest BCUT2D eigenvalue weighted by atomic mass is 9.93. The minimum Gasteiger partial charge on any atom is -0.392 e. The number of nitrogens with one attached hydrogen (secondary N) is 1. The molecule has 34 heavy (non-hydrogen) atoms. The lowest BCUT2D eigenvalue weighted by Gasteiger charge is -2.33. The zero-order valence-electron chi connectivity index (χ0n) is 20.3. The summed E-state index contributed by atoms with van der Waals surface area (Å²) < 4.78 is 0. The molecule has 1 fully saturated rings. The highest BCUT2D eigenvalue weighted by atomic mass is 16.3. The Bertz CT molecular complexity index is 1120. The third-order valence-corrected chi connectivity index (χ3v) is 6.42. The molecule has 0 aliphatic carbocycles. The van der Waals surface area contributed by atoms with E-state index in [-0.39, 0.29) is 17.9 Å². The summed E-state index contributed by atoms with van der Waals surface area (Å²) in [6.07, 6.45) is 3.85. The first-order valence-corrected chi connectivity index (χ1v) is 12.0. The van der Waals surface area contributed by atoms with E-state index in [2.05, 4.69) is 10.2 Å². The van der Waals surface area contributed by atoms with Crippen molar-refractivity contribution < 1.29 is 9.90 Å². The maximum atomic E-state index is 12.2. The predicted octanol–water partition coefficient (Wildman–Crippen LogP) is 4.68. The molecule has 1 amide bonds. The Hall–Kier alpha value is -3.25. The fraction of sp³-hybridized carbons (Fsp3) is 0.393. The van der Waals surface area contributed by atoms with E-state index in [9.17, 15) is 9.90 Å². The van der Waals surface area contributed by atoms with E-state index in [1.165, 1.54) is 0 Å². The SMILES string of the molecule is CC(C)(C)C(=O)NCC1CCN(c2cnc(-c3ccccc3CO)c(-c3ccccc3)n2)CC1. The van der Waals surface area contributed by atoms with Gasteiger partial charge in [0.25, 0.3) is 0 Å². The lowest BCUT2D eigenvalue weighted by Crippen LogP contribution is -2.42. The third-order valence-electron chi connectivity index (χ3n) is 6.42. The maximum absolute atomic E-state index is 12.2. The van der Waals surface area contributed by atoms with Crippen LogP contribution >= 0.6 is 0 Å². The molecule has 4 rings (SSSR count). The van der Waals surface area contributed by atoms with Gasteiger partial charge in [0.15, 0.2) is 0 Å². The summed E-state index contributed by atoms with van der Waals surface area (Å²) in [4.78, 5) is 24.4. The number of aromatic nitrogens is 2. The Balaban J connectivity index is 1.55. The summed E-state index contributed by atoms with van der Waals surface area (Å²) in [5.41, 5.74) is 3.97. The largest absolute Gasteiger partial charge is 0.392 e. The van der Waals surface area contributed by atoms with Crippen LogP contribution < -0.4 is 10.2 Å². The van der Waals surface area contributed by atoms with Crippen molar-refractivity contribution in [3.63, 3.8) is 0 Å². The van der Waals surface area contributed by atoms with Crippen molar-refractivity contribution in [2.75, 3.05) is 24.5 Å². The molecule has 0 spiro atoms. The first-order valence-electron chi connectivity index (χ1n) is 12.0. The average molecular weight is 459 g/mol. The van der Waals surface area contributed by atoms with Gasteiger partial charge < -0.3 is 15.3 Å². The zero-order chi connectivity index (χ0) is 24.1. The molecule has 3 aromatic rings. The van der Waals surface area contributed by atoms with Crippen LogP contribution in [0.25, 0.3) is 22.5 Å². The molecule has 0 atom stereocenters. The van der Waals surface area contributed by atoms with Crippen LogP contribution in [0, 0.1) is 11.3 Å². The number of piperidine rings is 1. The first kappa shape index (κ1) is 23.9. The Morgan fingerprint density at radius 1 is 1.03 bits per heavy atom. The smallest absolute Gasteiger partial charge is 0.225 e. The fourth-order valence-electron chi connectivity index (χ4n) is 4.28. The summed E-state index contributed by atoms with van der Waals surface area (Å²) in [7, 11) is 0. The Morgan fingerprint density at radius 3 is 2.38 bits per heavy atom. The second-order valence-corrected chi connectivity index (χ2v) is 10.00. The summed E-state index contributed by atoms with van der Waals surface area (Å²) >= 11 is 0. The molecule has 1 saturated heterocycles. The van der Waals surface area contributed by atoms with Crippen LogP contribution in [0.3, 0.4) is 0 Å². The summed E-state index contributed by atoms with van der Waals surface area (Å²) in [5, 5.41) is 13.0. The highest BCUT2D eigenvalue weighted by molar-refractivity contribution is 5.81. The lowest BCUT2D eigenvalue weighted by molar-refractivity contribution is -0.128. The Morgan fingerprint density at radius 2 is 1.71 bits per heavy atom. The maximum Gasteiger partial charge on any atom is 0.225 e. The number of anilines is 1. The van der Waals surface area contributed by atoms with Crippen LogP contribution in [-0.2, 0) is 11.4 Å². The van der Waals surface area contributed by atoms with Gasteiger partial charge in [-0.25, -0.2) is 4.98 Å². The zero-order valence-corrected chi connectivity index (χ0v) is 20.3. The molecule has 0 bridgehead atoms. The molecule has 0 radical (unpaired) electrons. The first-order chi connectivity index (χ1) is 16.4. The molecule has 2 aromatic carbocycles. The minimum atomic E-state index is -0.361. The number of hydrogen-bond donors (Lipinski definition) is 2. The second-order valence-electron chi connectivity index (χ2n) is 10.00. The van der Waals surface area contributed by atoms with E-state index in [4.69, 9.17) is 9.97 Å². The number of carbonyl (C=O) groups is 1. The van der Waals surface area contributed by atoms with Gasteiger partial charge in [-0.05, 0) is 24.3 Å². The Kier molecular flexibility index (Phi) is 7.27. The summed E-state index contributed by atoms with van der Waals surface area (Å²) in [5.74, 6) is 1.44. The van der Waals surface area contributed by atoms with Gasteiger partial charge in [-0.1, -0.05) is 75.4 Å². The molecule has 178 valence electrons. The van der Waals surface area contributed by atoms with Crippen LogP contribution in [0.5, 0.6) is 0 Å². The summed E-state index contributed by atoms with van der Waals surface area (Å²) in [6.45, 7) is 8.26. The van der Waals surface area contributed by atoms with Crippen molar-refractivity contribution in [2.24, 2.45) is 11.3 Å². The van der Waals surface area contributed by atoms with Crippen molar-refractivity contribution in [1.82, 2.24) is 15.3 Å². The van der Waals surface area contributed by atoms with Crippen molar-refractivity contribution >= 4 is 11.7 Å². The molecule has 1 aliphatic rings. The number of rotatable bonds is 6. The van der Waals surface area contributed by atoms with E-state index in [1.54, 1.807) is 0 Å². The number of carbonyl (C=O) groups excluding carboxylic acids is 1. The molecular weight excluding hydrogens is 424 g/mol. The third kappa shape index (κ3) is 5.45. The van der Waals surface area contributed by atoms with Crippen molar-refractivity contribution in [1.29, 1.82) is 0 Å². The van der Waals surface area contributed by atoms with Crippen molar-refractivity contribution in [3.05, 3.63) is 66.4 Å². The van der Waals surface area contributed by atoms with Crippen LogP contribution in [0.15, 0.2) is 60.8 Å². The molecular formula is C28H34N4O2. The van der Waals surface area contributed by atoms with Crippen LogP contribution in [0.1, 0.15) is 39.2 Å². The van der Waals surface area contributed by atoms with Crippen molar-refractivity contribution in [2.45, 2.75) is 40.2 Å². The van der Waals surface area contributed by atoms with E-state index >= 15 is 0 Å². The summed E-state index contributed by atoms with van der Waals surface area (Å²) in [6, 6.07) is 17.9. The quantitative estimate of drug-likeness (QED) is 0.561. The van der Waals surface area contributed by atoms with Crippen LogP contribution in [0.4, 0.5) is 5.82 Å². The van der Waals surface area contributed by atoms with Gasteiger partial charge in [-0.15, -0.1) is 0 Å². The van der Waals surface area contributed by atoms with E-state index < -0.39 is 0 Å². The fourth-order valence-corrected chi connectivity index (χ4v) is 4.28. The molecule has 1 aliphatic heterocycles. The molecule has 0 unspecified atom stereocenters. The van der Waals surface area contributed by atoms with Gasteiger partial charge in [0.1, 0.15) is 5.82 Å². The number of hydrogen-bond acceptors (Lipinski definition) is 5. The topological polar surface area (TPSA) is 78.4 Å². The van der Waals surface area contributed by atoms with Gasteiger partial charge in [0.2, 0.25) is 5.91 Å². The van der Waals surface area contributed by atoms with Crippen molar-refractivity contribution in [3.8, 4) is 22.5 Å². The van der Waals surface area contributed by atoms with Gasteiger partial charge in [0.05, 0.1) is 24.2 Å². The highest BCUT2D eigenvalue weighted by Crippen LogP contribution is 2.33. The molecule has 2 N–H and O–H groups in total. The Labute approximate surface area is 202 Å². The number of amides is 1.